The Hall–Kier alpha value is -4.42. The number of carbonyl (C=O) groups excluding carboxylic acids is 1. The van der Waals surface area contributed by atoms with Gasteiger partial charge in [-0.05, 0) is 87.6 Å². The third-order valence-electron chi connectivity index (χ3n) is 11.2. The number of methoxy groups -OCH3 is 1. The third kappa shape index (κ3) is 4.85. The maximum absolute atomic E-state index is 14.0. The Morgan fingerprint density at radius 3 is 2.53 bits per heavy atom. The lowest BCUT2D eigenvalue weighted by Crippen LogP contribution is -2.40. The number of amides is 1. The summed E-state index contributed by atoms with van der Waals surface area (Å²) >= 11 is 0. The number of benzene rings is 1. The number of nitrogens with zero attached hydrogens (tertiary/aromatic N) is 6. The first-order chi connectivity index (χ1) is 23.7. The molecule has 3 saturated heterocycles. The molecule has 3 aliphatic heterocycles. The molecule has 1 aromatic carbocycles. The maximum atomic E-state index is 14.0. The summed E-state index contributed by atoms with van der Waals surface area (Å²) in [4.78, 5) is 26.0. The van der Waals surface area contributed by atoms with Crippen LogP contribution in [0.2, 0.25) is 0 Å². The minimum atomic E-state index is -3.67. The second-order valence-corrected chi connectivity index (χ2v) is 16.3. The van der Waals surface area contributed by atoms with Crippen LogP contribution in [0.1, 0.15) is 71.8 Å². The summed E-state index contributed by atoms with van der Waals surface area (Å²) in [6.45, 7) is 3.18. The van der Waals surface area contributed by atoms with Gasteiger partial charge in [0.1, 0.15) is 28.1 Å². The van der Waals surface area contributed by atoms with Crippen molar-refractivity contribution in [3.05, 3.63) is 77.5 Å². The molecule has 0 radical (unpaired) electrons. The minimum absolute atomic E-state index is 0.0230. The van der Waals surface area contributed by atoms with Crippen LogP contribution in [-0.2, 0) is 16.6 Å². The van der Waals surface area contributed by atoms with Crippen molar-refractivity contribution >= 4 is 38.4 Å². The van der Waals surface area contributed by atoms with Crippen LogP contribution in [0.25, 0.3) is 28.1 Å². The summed E-state index contributed by atoms with van der Waals surface area (Å²) in [6.07, 6.45) is 6.42. The molecule has 2 bridgehead atoms. The van der Waals surface area contributed by atoms with Crippen molar-refractivity contribution in [3.8, 4) is 17.3 Å². The van der Waals surface area contributed by atoms with Gasteiger partial charge in [-0.15, -0.1) is 0 Å². The van der Waals surface area contributed by atoms with Crippen molar-refractivity contribution in [1.82, 2.24) is 23.8 Å². The molecule has 1 amide bonds. The fraction of sp³-hybridized carbons (Fsp3) is 0.432. The molecule has 9 rings (SSSR count). The second kappa shape index (κ2) is 11.3. The van der Waals surface area contributed by atoms with Gasteiger partial charge < -0.3 is 19.9 Å². The van der Waals surface area contributed by atoms with Crippen molar-refractivity contribution in [3.63, 3.8) is 0 Å². The molecule has 1 unspecified atom stereocenters. The zero-order chi connectivity index (χ0) is 33.6. The SMILES string of the molecule is COc1cc(C(=O)N2[C@H]3CC[C@@H]2[C@H](N)C3)cc2nc(-c3cc4ccc(N5CCCC(c6ccccc6)S5(=O)=O)nc4n3CC3CC3)c(C)n12. The number of ether oxygens (including phenoxy) is 1. The molecule has 1 aliphatic carbocycles. The van der Waals surface area contributed by atoms with Crippen LogP contribution in [0, 0.1) is 12.8 Å². The van der Waals surface area contributed by atoms with Gasteiger partial charge in [-0.25, -0.2) is 18.4 Å². The number of hydrogen-bond donors (Lipinski definition) is 1. The molecule has 1 saturated carbocycles. The molecule has 4 aliphatic rings. The molecule has 49 heavy (non-hydrogen) atoms. The van der Waals surface area contributed by atoms with Crippen molar-refractivity contribution in [2.45, 2.75) is 81.8 Å². The van der Waals surface area contributed by atoms with Gasteiger partial charge in [0.05, 0.1) is 18.5 Å². The number of hydrogen-bond acceptors (Lipinski definition) is 7. The maximum Gasteiger partial charge on any atom is 0.254 e. The second-order valence-electron chi connectivity index (χ2n) is 14.3. The molecule has 254 valence electrons. The smallest absolute Gasteiger partial charge is 0.254 e. The van der Waals surface area contributed by atoms with E-state index in [9.17, 15) is 13.2 Å². The summed E-state index contributed by atoms with van der Waals surface area (Å²) in [6, 6.07) is 19.3. The predicted molar refractivity (Wildman–Crippen MR) is 188 cm³/mol. The number of rotatable bonds is 7. The van der Waals surface area contributed by atoms with Gasteiger partial charge in [0.2, 0.25) is 10.0 Å². The molecular formula is C37H41N7O4S. The summed E-state index contributed by atoms with van der Waals surface area (Å²) in [5.41, 5.74) is 11.7. The summed E-state index contributed by atoms with van der Waals surface area (Å²) in [5, 5.41) is 0.326. The standard InChI is InChI=1S/C37H41N7O4S/c1-22-35(39-33-18-26(19-34(48-2)43(22)33)37(45)44-27-13-14-29(44)28(38)20-27)30-17-25-12-15-32(40-36(25)41(30)21-23-10-11-23)42-16-6-9-31(49(42,46)47)24-7-4-3-5-8-24/h3-5,7-8,12,15,17-19,23,27-29,31H,6,9-11,13-14,16,20-21,38H2,1-2H3/t27-,28+,29+,31?/m0/s1. The Bertz CT molecular complexity index is 2230. The van der Waals surface area contributed by atoms with E-state index in [0.29, 0.717) is 41.8 Å². The van der Waals surface area contributed by atoms with Crippen molar-refractivity contribution in [2.75, 3.05) is 18.0 Å². The zero-order valence-electron chi connectivity index (χ0n) is 27.8. The molecule has 7 heterocycles. The largest absolute Gasteiger partial charge is 0.482 e. The van der Waals surface area contributed by atoms with E-state index in [1.54, 1.807) is 7.11 Å². The fourth-order valence-corrected chi connectivity index (χ4v) is 10.6. The van der Waals surface area contributed by atoms with E-state index in [4.69, 9.17) is 20.4 Å². The van der Waals surface area contributed by atoms with Gasteiger partial charge in [0, 0.05) is 48.2 Å². The molecule has 5 aromatic rings. The number of fused-ring (bicyclic) bond motifs is 4. The van der Waals surface area contributed by atoms with E-state index in [1.807, 2.05) is 70.8 Å². The quantitative estimate of drug-likeness (QED) is 0.242. The number of sulfonamides is 1. The number of aromatic nitrogens is 4. The average Bonchev–Trinajstić information content (AvgIpc) is 3.42. The zero-order valence-corrected chi connectivity index (χ0v) is 28.6. The summed E-state index contributed by atoms with van der Waals surface area (Å²) in [7, 11) is -2.05. The van der Waals surface area contributed by atoms with Crippen LogP contribution < -0.4 is 14.8 Å². The molecule has 4 aromatic heterocycles. The molecule has 0 spiro atoms. The summed E-state index contributed by atoms with van der Waals surface area (Å²) in [5.74, 6) is 1.49. The molecule has 11 nitrogen and oxygen atoms in total. The van der Waals surface area contributed by atoms with Crippen molar-refractivity contribution < 1.29 is 17.9 Å². The number of aryl methyl sites for hydroxylation is 1. The van der Waals surface area contributed by atoms with E-state index in [1.165, 1.54) is 4.31 Å². The third-order valence-corrected chi connectivity index (χ3v) is 13.4. The Morgan fingerprint density at radius 1 is 1.00 bits per heavy atom. The Kier molecular flexibility index (Phi) is 7.07. The predicted octanol–water partition coefficient (Wildman–Crippen LogP) is 5.45. The van der Waals surface area contributed by atoms with Gasteiger partial charge in [-0.1, -0.05) is 30.3 Å². The van der Waals surface area contributed by atoms with Gasteiger partial charge in [-0.2, -0.15) is 0 Å². The van der Waals surface area contributed by atoms with E-state index in [0.717, 1.165) is 78.7 Å². The highest BCUT2D eigenvalue weighted by Gasteiger charge is 2.47. The van der Waals surface area contributed by atoms with Crippen LogP contribution in [-0.4, -0.2) is 69.9 Å². The molecular weight excluding hydrogens is 639 g/mol. The molecule has 2 N–H and O–H groups in total. The number of nitrogens with two attached hydrogens (primary N) is 1. The first-order valence-electron chi connectivity index (χ1n) is 17.5. The van der Waals surface area contributed by atoms with Gasteiger partial charge in [0.25, 0.3) is 5.91 Å². The topological polar surface area (TPSA) is 128 Å². The van der Waals surface area contributed by atoms with Crippen LogP contribution in [0.5, 0.6) is 5.88 Å². The lowest BCUT2D eigenvalue weighted by molar-refractivity contribution is 0.0726. The van der Waals surface area contributed by atoms with E-state index >= 15 is 0 Å². The fourth-order valence-electron chi connectivity index (χ4n) is 8.59. The van der Waals surface area contributed by atoms with Crippen LogP contribution in [0.4, 0.5) is 5.82 Å². The van der Waals surface area contributed by atoms with E-state index in [2.05, 4.69) is 10.6 Å². The van der Waals surface area contributed by atoms with E-state index in [-0.39, 0.29) is 24.0 Å². The normalized spacial score (nSPS) is 24.7. The monoisotopic (exact) mass is 679 g/mol. The number of carbonyl (C=O) groups is 1. The van der Waals surface area contributed by atoms with Crippen LogP contribution in [0.3, 0.4) is 0 Å². The average molecular weight is 680 g/mol. The van der Waals surface area contributed by atoms with Crippen LogP contribution in [0.15, 0.2) is 60.7 Å². The molecule has 4 atom stereocenters. The highest BCUT2D eigenvalue weighted by atomic mass is 32.2. The highest BCUT2D eigenvalue weighted by Crippen LogP contribution is 2.41. The first-order valence-corrected chi connectivity index (χ1v) is 19.0. The highest BCUT2D eigenvalue weighted by molar-refractivity contribution is 7.93. The first kappa shape index (κ1) is 30.6. The lowest BCUT2D eigenvalue weighted by atomic mass is 9.97. The molecule has 12 heteroatoms. The lowest BCUT2D eigenvalue weighted by Gasteiger charge is -2.33. The van der Waals surface area contributed by atoms with Crippen molar-refractivity contribution in [1.29, 1.82) is 0 Å². The Balaban J connectivity index is 1.13. The van der Waals surface area contributed by atoms with Crippen LogP contribution >= 0.6 is 0 Å². The summed E-state index contributed by atoms with van der Waals surface area (Å²) < 4.78 is 39.5. The van der Waals surface area contributed by atoms with Gasteiger partial charge in [0.15, 0.2) is 5.88 Å². The number of imidazole rings is 1. The van der Waals surface area contributed by atoms with Gasteiger partial charge in [-0.3, -0.25) is 13.5 Å². The Morgan fingerprint density at radius 2 is 1.82 bits per heavy atom. The number of pyridine rings is 2. The molecule has 4 fully saturated rings. The van der Waals surface area contributed by atoms with Crippen molar-refractivity contribution in [2.24, 2.45) is 11.7 Å². The Labute approximate surface area is 285 Å². The number of anilines is 1. The minimum Gasteiger partial charge on any atom is -0.482 e. The van der Waals surface area contributed by atoms with Gasteiger partial charge >= 0.3 is 0 Å². The van der Waals surface area contributed by atoms with E-state index < -0.39 is 15.3 Å².